The summed E-state index contributed by atoms with van der Waals surface area (Å²) in [7, 11) is 0. The lowest BCUT2D eigenvalue weighted by molar-refractivity contribution is -0.139. The second kappa shape index (κ2) is 7.82. The standard InChI is InChI=1S/C20H27N3O4/c1-12-8-7-9-21-17(12)23-13(2)10-15(14(23)3)11-16(18(24)25)22-19(26)27-20(4,5)6/h7-10,16H,11H2,1-6H3,(H,22,26)(H,24,25). The van der Waals surface area contributed by atoms with Crippen molar-refractivity contribution in [1.82, 2.24) is 14.9 Å². The number of hydrogen-bond donors (Lipinski definition) is 2. The summed E-state index contributed by atoms with van der Waals surface area (Å²) < 4.78 is 7.17. The molecule has 7 nitrogen and oxygen atoms in total. The van der Waals surface area contributed by atoms with Gasteiger partial charge in [-0.05, 0) is 64.8 Å². The van der Waals surface area contributed by atoms with E-state index in [0.29, 0.717) is 0 Å². The van der Waals surface area contributed by atoms with Crippen LogP contribution in [0.3, 0.4) is 0 Å². The van der Waals surface area contributed by atoms with Gasteiger partial charge < -0.3 is 19.7 Å². The summed E-state index contributed by atoms with van der Waals surface area (Å²) in [5.74, 6) is -0.301. The largest absolute Gasteiger partial charge is 0.480 e. The van der Waals surface area contributed by atoms with Gasteiger partial charge in [0, 0.05) is 24.0 Å². The van der Waals surface area contributed by atoms with E-state index >= 15 is 0 Å². The first-order valence-corrected chi connectivity index (χ1v) is 8.81. The molecule has 2 aromatic rings. The van der Waals surface area contributed by atoms with Crippen LogP contribution in [0.1, 0.15) is 43.3 Å². The zero-order valence-corrected chi connectivity index (χ0v) is 16.7. The minimum Gasteiger partial charge on any atom is -0.480 e. The number of aryl methyl sites for hydroxylation is 2. The zero-order chi connectivity index (χ0) is 20.4. The van der Waals surface area contributed by atoms with Crippen LogP contribution in [0, 0.1) is 20.8 Å². The normalized spacial score (nSPS) is 12.5. The second-order valence-corrected chi connectivity index (χ2v) is 7.62. The van der Waals surface area contributed by atoms with E-state index < -0.39 is 23.7 Å². The van der Waals surface area contributed by atoms with Gasteiger partial charge >= 0.3 is 12.1 Å². The molecule has 0 aliphatic rings. The first-order valence-electron chi connectivity index (χ1n) is 8.81. The van der Waals surface area contributed by atoms with Gasteiger partial charge in [0.25, 0.3) is 0 Å². The fraction of sp³-hybridized carbons (Fsp3) is 0.450. The Labute approximate surface area is 159 Å². The minimum atomic E-state index is -1.11. The molecule has 2 rings (SSSR count). The number of hydrogen-bond acceptors (Lipinski definition) is 4. The molecule has 2 aromatic heterocycles. The van der Waals surface area contributed by atoms with Crippen LogP contribution in [0.15, 0.2) is 24.4 Å². The number of rotatable bonds is 5. The van der Waals surface area contributed by atoms with E-state index in [1.807, 2.05) is 43.5 Å². The van der Waals surface area contributed by atoms with Crippen molar-refractivity contribution in [3.8, 4) is 5.82 Å². The fourth-order valence-electron chi connectivity index (χ4n) is 2.94. The Kier molecular flexibility index (Phi) is 5.93. The molecule has 1 unspecified atom stereocenters. The number of nitrogens with one attached hydrogen (secondary N) is 1. The number of aromatic nitrogens is 2. The fourth-order valence-corrected chi connectivity index (χ4v) is 2.94. The highest BCUT2D eigenvalue weighted by Gasteiger charge is 2.26. The van der Waals surface area contributed by atoms with Crippen LogP contribution < -0.4 is 5.32 Å². The van der Waals surface area contributed by atoms with E-state index in [2.05, 4.69) is 10.3 Å². The predicted octanol–water partition coefficient (Wildman–Crippen LogP) is 3.32. The van der Waals surface area contributed by atoms with Crippen molar-refractivity contribution in [1.29, 1.82) is 0 Å². The van der Waals surface area contributed by atoms with Gasteiger partial charge in [0.1, 0.15) is 17.5 Å². The van der Waals surface area contributed by atoms with Crippen molar-refractivity contribution in [3.05, 3.63) is 46.9 Å². The highest BCUT2D eigenvalue weighted by atomic mass is 16.6. The highest BCUT2D eigenvalue weighted by molar-refractivity contribution is 5.80. The number of carbonyl (C=O) groups excluding carboxylic acids is 1. The topological polar surface area (TPSA) is 93.5 Å². The van der Waals surface area contributed by atoms with Crippen molar-refractivity contribution in [3.63, 3.8) is 0 Å². The molecule has 146 valence electrons. The number of carbonyl (C=O) groups is 2. The first-order chi connectivity index (χ1) is 12.5. The summed E-state index contributed by atoms with van der Waals surface area (Å²) in [5.41, 5.74) is 3.00. The van der Waals surface area contributed by atoms with Crippen LogP contribution in [0.25, 0.3) is 5.82 Å². The zero-order valence-electron chi connectivity index (χ0n) is 16.7. The summed E-state index contributed by atoms with van der Waals surface area (Å²) in [4.78, 5) is 28.1. The summed E-state index contributed by atoms with van der Waals surface area (Å²) in [6, 6.07) is 4.69. The second-order valence-electron chi connectivity index (χ2n) is 7.62. The Hall–Kier alpha value is -2.83. The third-order valence-corrected chi connectivity index (χ3v) is 4.14. The molecule has 0 aliphatic heterocycles. The van der Waals surface area contributed by atoms with Gasteiger partial charge in [-0.1, -0.05) is 6.07 Å². The van der Waals surface area contributed by atoms with E-state index in [0.717, 1.165) is 28.3 Å². The SMILES string of the molecule is Cc1cccnc1-n1c(C)cc(CC(NC(=O)OC(C)(C)C)C(=O)O)c1C. The molecule has 7 heteroatoms. The number of alkyl carbamates (subject to hydrolysis) is 1. The average Bonchev–Trinajstić information content (AvgIpc) is 2.79. The number of amides is 1. The monoisotopic (exact) mass is 373 g/mol. The van der Waals surface area contributed by atoms with Gasteiger partial charge in [0.05, 0.1) is 0 Å². The molecule has 0 radical (unpaired) electrons. The molecule has 1 atom stereocenters. The molecule has 0 aliphatic carbocycles. The Morgan fingerprint density at radius 1 is 1.30 bits per heavy atom. The number of nitrogens with zero attached hydrogens (tertiary/aromatic N) is 2. The lowest BCUT2D eigenvalue weighted by atomic mass is 10.1. The molecule has 0 aromatic carbocycles. The average molecular weight is 373 g/mol. The number of aliphatic carboxylic acids is 1. The summed E-state index contributed by atoms with van der Waals surface area (Å²) >= 11 is 0. The van der Waals surface area contributed by atoms with Crippen LogP contribution in [0.2, 0.25) is 0 Å². The quantitative estimate of drug-likeness (QED) is 0.839. The van der Waals surface area contributed by atoms with Gasteiger partial charge in [0.2, 0.25) is 0 Å². The molecule has 2 heterocycles. The third-order valence-electron chi connectivity index (χ3n) is 4.14. The van der Waals surface area contributed by atoms with Gasteiger partial charge in [-0.2, -0.15) is 0 Å². The first kappa shape index (κ1) is 20.5. The predicted molar refractivity (Wildman–Crippen MR) is 102 cm³/mol. The molecule has 2 N–H and O–H groups in total. The molecule has 0 saturated carbocycles. The van der Waals surface area contributed by atoms with Crippen LogP contribution >= 0.6 is 0 Å². The molecule has 0 bridgehead atoms. The molecule has 0 saturated heterocycles. The maximum atomic E-state index is 12.0. The van der Waals surface area contributed by atoms with E-state index in [4.69, 9.17) is 4.74 Å². The van der Waals surface area contributed by atoms with Crippen molar-refractivity contribution in [2.45, 2.75) is 59.6 Å². The third kappa shape index (κ3) is 5.09. The number of carboxylic acids is 1. The van der Waals surface area contributed by atoms with E-state index in [-0.39, 0.29) is 6.42 Å². The van der Waals surface area contributed by atoms with E-state index in [1.54, 1.807) is 27.0 Å². The van der Waals surface area contributed by atoms with E-state index in [1.165, 1.54) is 0 Å². The summed E-state index contributed by atoms with van der Waals surface area (Å²) in [6.07, 6.45) is 1.13. The molecular formula is C20H27N3O4. The van der Waals surface area contributed by atoms with Crippen molar-refractivity contribution in [2.24, 2.45) is 0 Å². The Morgan fingerprint density at radius 2 is 1.96 bits per heavy atom. The smallest absolute Gasteiger partial charge is 0.408 e. The Morgan fingerprint density at radius 3 is 2.52 bits per heavy atom. The lowest BCUT2D eigenvalue weighted by Gasteiger charge is -2.22. The van der Waals surface area contributed by atoms with Gasteiger partial charge in [-0.3, -0.25) is 0 Å². The maximum Gasteiger partial charge on any atom is 0.408 e. The summed E-state index contributed by atoms with van der Waals surface area (Å²) in [5, 5.41) is 12.0. The number of ether oxygens (including phenoxy) is 1. The molecule has 0 spiro atoms. The molecular weight excluding hydrogens is 346 g/mol. The Balaban J connectivity index is 2.27. The van der Waals surface area contributed by atoms with Crippen molar-refractivity contribution in [2.75, 3.05) is 0 Å². The van der Waals surface area contributed by atoms with Crippen molar-refractivity contribution < 1.29 is 19.4 Å². The van der Waals surface area contributed by atoms with Crippen LogP contribution in [-0.4, -0.2) is 38.4 Å². The van der Waals surface area contributed by atoms with Crippen LogP contribution in [0.4, 0.5) is 4.79 Å². The Bertz CT molecular complexity index is 849. The molecule has 27 heavy (non-hydrogen) atoms. The molecule has 1 amide bonds. The summed E-state index contributed by atoms with van der Waals surface area (Å²) in [6.45, 7) is 11.0. The van der Waals surface area contributed by atoms with Crippen molar-refractivity contribution >= 4 is 12.1 Å². The maximum absolute atomic E-state index is 12.0. The van der Waals surface area contributed by atoms with Crippen LogP contribution in [-0.2, 0) is 16.0 Å². The van der Waals surface area contributed by atoms with Gasteiger partial charge in [-0.15, -0.1) is 0 Å². The van der Waals surface area contributed by atoms with Gasteiger partial charge in [0.15, 0.2) is 0 Å². The number of carboxylic acid groups (broad SMARTS) is 1. The van der Waals surface area contributed by atoms with Gasteiger partial charge in [-0.25, -0.2) is 14.6 Å². The van der Waals surface area contributed by atoms with Crippen LogP contribution in [0.5, 0.6) is 0 Å². The lowest BCUT2D eigenvalue weighted by Crippen LogP contribution is -2.44. The molecule has 0 fully saturated rings. The number of pyridine rings is 1. The van der Waals surface area contributed by atoms with E-state index in [9.17, 15) is 14.7 Å². The highest BCUT2D eigenvalue weighted by Crippen LogP contribution is 2.22. The minimum absolute atomic E-state index is 0.153.